The molecule has 1 N–H and O–H groups in total. The van der Waals surface area contributed by atoms with E-state index in [0.29, 0.717) is 0 Å². The second kappa shape index (κ2) is 4.60. The highest BCUT2D eigenvalue weighted by molar-refractivity contribution is 5.16. The molecule has 0 spiro atoms. The number of H-pyrrole nitrogens is 1. The Morgan fingerprint density at radius 1 is 1.00 bits per heavy atom. The van der Waals surface area contributed by atoms with Crippen LogP contribution in [0.25, 0.3) is 0 Å². The van der Waals surface area contributed by atoms with E-state index in [1.165, 1.54) is 11.6 Å². The van der Waals surface area contributed by atoms with E-state index < -0.39 is 0 Å². The van der Waals surface area contributed by atoms with Crippen LogP contribution in [0.1, 0.15) is 11.3 Å². The predicted octanol–water partition coefficient (Wildman–Crippen LogP) is 2.16. The molecule has 1 heterocycles. The van der Waals surface area contributed by atoms with Gasteiger partial charge in [-0.05, 0) is 18.4 Å². The van der Waals surface area contributed by atoms with E-state index in [9.17, 15) is 4.79 Å². The van der Waals surface area contributed by atoms with Crippen LogP contribution in [-0.4, -0.2) is 4.98 Å². The molecule has 2 heteroatoms. The molecule has 0 saturated carbocycles. The van der Waals surface area contributed by atoms with Crippen LogP contribution >= 0.6 is 0 Å². The van der Waals surface area contributed by atoms with Crippen molar-refractivity contribution < 1.29 is 0 Å². The van der Waals surface area contributed by atoms with Gasteiger partial charge >= 0.3 is 0 Å². The van der Waals surface area contributed by atoms with Gasteiger partial charge in [-0.15, -0.1) is 0 Å². The van der Waals surface area contributed by atoms with Crippen LogP contribution in [0, 0.1) is 0 Å². The van der Waals surface area contributed by atoms with Crippen LogP contribution in [0.15, 0.2) is 53.5 Å². The lowest BCUT2D eigenvalue weighted by molar-refractivity contribution is 0.911. The lowest BCUT2D eigenvalue weighted by Gasteiger charge is -2.01. The van der Waals surface area contributed by atoms with E-state index in [-0.39, 0.29) is 5.43 Å². The van der Waals surface area contributed by atoms with Crippen molar-refractivity contribution in [2.24, 2.45) is 0 Å². The van der Waals surface area contributed by atoms with Crippen LogP contribution in [0.2, 0.25) is 0 Å². The van der Waals surface area contributed by atoms with E-state index in [0.717, 1.165) is 18.5 Å². The Labute approximate surface area is 88.6 Å². The first-order chi connectivity index (χ1) is 7.34. The number of aromatic nitrogens is 1. The Balaban J connectivity index is 2.02. The SMILES string of the molecule is O=c1cc[nH]c(CCc2ccccc2)c1. The Morgan fingerprint density at radius 3 is 2.53 bits per heavy atom. The molecule has 0 aliphatic rings. The van der Waals surface area contributed by atoms with Crippen molar-refractivity contribution in [2.45, 2.75) is 12.8 Å². The van der Waals surface area contributed by atoms with Gasteiger partial charge in [0.1, 0.15) is 0 Å². The first-order valence-corrected chi connectivity index (χ1v) is 5.06. The fraction of sp³-hybridized carbons (Fsp3) is 0.154. The molecule has 0 amide bonds. The monoisotopic (exact) mass is 199 g/mol. The number of aryl methyl sites for hydroxylation is 2. The number of nitrogens with one attached hydrogen (secondary N) is 1. The molecule has 0 unspecified atom stereocenters. The zero-order valence-corrected chi connectivity index (χ0v) is 8.44. The molecule has 2 aromatic rings. The van der Waals surface area contributed by atoms with Crippen LogP contribution in [0.4, 0.5) is 0 Å². The van der Waals surface area contributed by atoms with Gasteiger partial charge in [-0.25, -0.2) is 0 Å². The number of hydrogen-bond acceptors (Lipinski definition) is 1. The summed E-state index contributed by atoms with van der Waals surface area (Å²) in [5.74, 6) is 0. The highest BCUT2D eigenvalue weighted by Gasteiger charge is 1.95. The van der Waals surface area contributed by atoms with E-state index in [4.69, 9.17) is 0 Å². The summed E-state index contributed by atoms with van der Waals surface area (Å²) in [7, 11) is 0. The summed E-state index contributed by atoms with van der Waals surface area (Å²) < 4.78 is 0. The zero-order valence-electron chi connectivity index (χ0n) is 8.44. The minimum absolute atomic E-state index is 0.0665. The average molecular weight is 199 g/mol. The van der Waals surface area contributed by atoms with Gasteiger partial charge in [0.2, 0.25) is 0 Å². The standard InChI is InChI=1S/C13H13NO/c15-13-8-9-14-12(10-13)7-6-11-4-2-1-3-5-11/h1-5,8-10H,6-7H2,(H,14,15). The molecule has 1 aromatic heterocycles. The fourth-order valence-corrected chi connectivity index (χ4v) is 1.56. The Kier molecular flexibility index (Phi) is 2.98. The highest BCUT2D eigenvalue weighted by atomic mass is 16.1. The van der Waals surface area contributed by atoms with Gasteiger partial charge in [0.05, 0.1) is 0 Å². The molecular weight excluding hydrogens is 186 g/mol. The third kappa shape index (κ3) is 2.81. The molecule has 2 rings (SSSR count). The number of hydrogen-bond donors (Lipinski definition) is 1. The molecule has 2 nitrogen and oxygen atoms in total. The molecule has 0 aliphatic heterocycles. The first kappa shape index (κ1) is 9.71. The lowest BCUT2D eigenvalue weighted by Crippen LogP contribution is -2.02. The fourth-order valence-electron chi connectivity index (χ4n) is 1.56. The lowest BCUT2D eigenvalue weighted by atomic mass is 10.1. The van der Waals surface area contributed by atoms with E-state index in [1.807, 2.05) is 18.2 Å². The second-order valence-electron chi connectivity index (χ2n) is 3.54. The maximum atomic E-state index is 11.1. The maximum absolute atomic E-state index is 11.1. The molecule has 0 bridgehead atoms. The predicted molar refractivity (Wildman–Crippen MR) is 60.9 cm³/mol. The maximum Gasteiger partial charge on any atom is 0.181 e. The number of aromatic amines is 1. The molecular formula is C13H13NO. The number of rotatable bonds is 3. The third-order valence-corrected chi connectivity index (χ3v) is 2.36. The van der Waals surface area contributed by atoms with Gasteiger partial charge in [0, 0.05) is 24.0 Å². The highest BCUT2D eigenvalue weighted by Crippen LogP contribution is 2.03. The van der Waals surface area contributed by atoms with Gasteiger partial charge in [-0.1, -0.05) is 30.3 Å². The first-order valence-electron chi connectivity index (χ1n) is 5.06. The molecule has 0 atom stereocenters. The van der Waals surface area contributed by atoms with Crippen molar-refractivity contribution in [3.63, 3.8) is 0 Å². The largest absolute Gasteiger partial charge is 0.365 e. The smallest absolute Gasteiger partial charge is 0.181 e. The number of benzene rings is 1. The molecule has 0 aliphatic carbocycles. The van der Waals surface area contributed by atoms with Crippen LogP contribution < -0.4 is 5.43 Å². The summed E-state index contributed by atoms with van der Waals surface area (Å²) in [6.07, 6.45) is 3.53. The minimum atomic E-state index is 0.0665. The second-order valence-corrected chi connectivity index (χ2v) is 3.54. The van der Waals surface area contributed by atoms with Gasteiger partial charge in [-0.3, -0.25) is 4.79 Å². The Bertz CT molecular complexity index is 473. The van der Waals surface area contributed by atoms with Crippen molar-refractivity contribution in [1.29, 1.82) is 0 Å². The third-order valence-electron chi connectivity index (χ3n) is 2.36. The van der Waals surface area contributed by atoms with Gasteiger partial charge in [0.25, 0.3) is 0 Å². The molecule has 15 heavy (non-hydrogen) atoms. The van der Waals surface area contributed by atoms with Gasteiger partial charge in [0.15, 0.2) is 5.43 Å². The molecule has 0 fully saturated rings. The van der Waals surface area contributed by atoms with Gasteiger partial charge < -0.3 is 4.98 Å². The summed E-state index contributed by atoms with van der Waals surface area (Å²) in [4.78, 5) is 14.2. The quantitative estimate of drug-likeness (QED) is 0.807. The summed E-state index contributed by atoms with van der Waals surface area (Å²) in [5.41, 5.74) is 2.35. The van der Waals surface area contributed by atoms with E-state index in [1.54, 1.807) is 12.3 Å². The Morgan fingerprint density at radius 2 is 1.80 bits per heavy atom. The summed E-state index contributed by atoms with van der Waals surface area (Å²) in [6.45, 7) is 0. The average Bonchev–Trinajstić information content (AvgIpc) is 2.28. The Hall–Kier alpha value is -1.83. The van der Waals surface area contributed by atoms with Crippen molar-refractivity contribution in [3.05, 3.63) is 70.1 Å². The van der Waals surface area contributed by atoms with Crippen molar-refractivity contribution in [2.75, 3.05) is 0 Å². The summed E-state index contributed by atoms with van der Waals surface area (Å²) in [5, 5.41) is 0. The topological polar surface area (TPSA) is 32.9 Å². The molecule has 0 radical (unpaired) electrons. The summed E-state index contributed by atoms with van der Waals surface area (Å²) in [6, 6.07) is 13.5. The molecule has 1 aromatic carbocycles. The van der Waals surface area contributed by atoms with Gasteiger partial charge in [-0.2, -0.15) is 0 Å². The normalized spacial score (nSPS) is 10.1. The number of pyridine rings is 1. The zero-order chi connectivity index (χ0) is 10.5. The van der Waals surface area contributed by atoms with E-state index in [2.05, 4.69) is 17.1 Å². The van der Waals surface area contributed by atoms with E-state index >= 15 is 0 Å². The minimum Gasteiger partial charge on any atom is -0.365 e. The van der Waals surface area contributed by atoms with Crippen molar-refractivity contribution in [3.8, 4) is 0 Å². The van der Waals surface area contributed by atoms with Crippen molar-refractivity contribution in [1.82, 2.24) is 4.98 Å². The van der Waals surface area contributed by atoms with Crippen LogP contribution in [0.3, 0.4) is 0 Å². The van der Waals surface area contributed by atoms with Crippen LogP contribution in [-0.2, 0) is 12.8 Å². The van der Waals surface area contributed by atoms with Crippen molar-refractivity contribution >= 4 is 0 Å². The molecule has 76 valence electrons. The molecule has 0 saturated heterocycles. The summed E-state index contributed by atoms with van der Waals surface area (Å²) >= 11 is 0. The van der Waals surface area contributed by atoms with Crippen LogP contribution in [0.5, 0.6) is 0 Å².